The van der Waals surface area contributed by atoms with Gasteiger partial charge in [-0.1, -0.05) is 16.9 Å². The summed E-state index contributed by atoms with van der Waals surface area (Å²) in [5.41, 5.74) is 1.36. The fourth-order valence-corrected chi connectivity index (χ4v) is 2.48. The topological polar surface area (TPSA) is 80.4 Å². The number of hydrogen-bond donors (Lipinski definition) is 1. The van der Waals surface area contributed by atoms with Crippen LogP contribution in [0.5, 0.6) is 0 Å². The first-order valence-electron chi connectivity index (χ1n) is 6.12. The number of rotatable bonds is 2. The molecule has 2 aromatic rings. The quantitative estimate of drug-likeness (QED) is 0.912. The molecule has 1 aromatic carbocycles. The smallest absolute Gasteiger partial charge is 0.257 e. The molecule has 3 rings (SSSR count). The summed E-state index contributed by atoms with van der Waals surface area (Å²) >= 11 is 1.55. The van der Waals surface area contributed by atoms with Crippen LogP contribution in [0.2, 0.25) is 0 Å². The molecular formula is C13H12N4O2S. The second-order valence-corrected chi connectivity index (χ2v) is 5.30. The largest absolute Gasteiger partial charge is 0.334 e. The highest BCUT2D eigenvalue weighted by atomic mass is 32.2. The number of aliphatic imine (C=N–C) groups is 1. The van der Waals surface area contributed by atoms with E-state index in [-0.39, 0.29) is 5.91 Å². The third-order valence-corrected chi connectivity index (χ3v) is 3.62. The van der Waals surface area contributed by atoms with Gasteiger partial charge < -0.3 is 9.84 Å². The maximum absolute atomic E-state index is 12.0. The average molecular weight is 288 g/mol. The molecule has 102 valence electrons. The van der Waals surface area contributed by atoms with Crippen molar-refractivity contribution in [1.82, 2.24) is 15.5 Å². The van der Waals surface area contributed by atoms with E-state index in [1.807, 2.05) is 0 Å². The molecule has 0 bridgehead atoms. The van der Waals surface area contributed by atoms with Gasteiger partial charge in [0, 0.05) is 16.9 Å². The van der Waals surface area contributed by atoms with Gasteiger partial charge in [-0.2, -0.15) is 4.98 Å². The van der Waals surface area contributed by atoms with Gasteiger partial charge in [0.1, 0.15) is 0 Å². The van der Waals surface area contributed by atoms with Gasteiger partial charge >= 0.3 is 0 Å². The van der Waals surface area contributed by atoms with Gasteiger partial charge in [-0.15, -0.1) is 0 Å². The van der Waals surface area contributed by atoms with Gasteiger partial charge in [-0.05, 0) is 31.2 Å². The Hall–Kier alpha value is -2.15. The molecule has 1 amide bonds. The average Bonchev–Trinajstić information content (AvgIpc) is 3.10. The first kappa shape index (κ1) is 12.9. The van der Waals surface area contributed by atoms with E-state index >= 15 is 0 Å². The van der Waals surface area contributed by atoms with Crippen LogP contribution in [-0.4, -0.2) is 33.5 Å². The lowest BCUT2D eigenvalue weighted by molar-refractivity contribution is 0.0978. The van der Waals surface area contributed by atoms with Gasteiger partial charge in [0.25, 0.3) is 11.8 Å². The number of carbonyl (C=O) groups excluding carboxylic acids is 1. The van der Waals surface area contributed by atoms with E-state index in [2.05, 4.69) is 20.4 Å². The van der Waals surface area contributed by atoms with Crippen molar-refractivity contribution >= 4 is 22.8 Å². The predicted molar refractivity (Wildman–Crippen MR) is 76.7 cm³/mol. The lowest BCUT2D eigenvalue weighted by atomic mass is 10.1. The zero-order valence-corrected chi connectivity index (χ0v) is 11.6. The minimum atomic E-state index is -0.161. The SMILES string of the molecule is Cc1noc(-c2ccc(C(=O)NC3=NCCS3)cc2)n1. The maximum atomic E-state index is 12.0. The molecule has 0 radical (unpaired) electrons. The number of amides is 1. The van der Waals surface area contributed by atoms with Crippen LogP contribution in [-0.2, 0) is 0 Å². The Morgan fingerprint density at radius 3 is 2.75 bits per heavy atom. The van der Waals surface area contributed by atoms with Crippen LogP contribution in [0, 0.1) is 6.92 Å². The Morgan fingerprint density at radius 1 is 1.35 bits per heavy atom. The molecule has 6 nitrogen and oxygen atoms in total. The predicted octanol–water partition coefficient (Wildman–Crippen LogP) is 1.88. The number of aromatic nitrogens is 2. The lowest BCUT2D eigenvalue weighted by Gasteiger charge is -2.04. The summed E-state index contributed by atoms with van der Waals surface area (Å²) in [7, 11) is 0. The number of nitrogens with one attached hydrogen (secondary N) is 1. The van der Waals surface area contributed by atoms with Crippen LogP contribution in [0.4, 0.5) is 0 Å². The van der Waals surface area contributed by atoms with Crippen molar-refractivity contribution in [2.45, 2.75) is 6.92 Å². The lowest BCUT2D eigenvalue weighted by Crippen LogP contribution is -2.27. The summed E-state index contributed by atoms with van der Waals surface area (Å²) in [4.78, 5) is 20.3. The maximum Gasteiger partial charge on any atom is 0.257 e. The molecule has 0 spiro atoms. The monoisotopic (exact) mass is 288 g/mol. The normalized spacial score (nSPS) is 14.2. The van der Waals surface area contributed by atoms with E-state index in [0.717, 1.165) is 17.9 Å². The van der Waals surface area contributed by atoms with Crippen molar-refractivity contribution in [1.29, 1.82) is 0 Å². The summed E-state index contributed by atoms with van der Waals surface area (Å²) in [6.45, 7) is 2.52. The third kappa shape index (κ3) is 2.72. The summed E-state index contributed by atoms with van der Waals surface area (Å²) in [6.07, 6.45) is 0. The molecule has 1 aromatic heterocycles. The number of benzene rings is 1. The van der Waals surface area contributed by atoms with Crippen molar-refractivity contribution in [3.63, 3.8) is 0 Å². The number of aryl methyl sites for hydroxylation is 1. The first-order chi connectivity index (χ1) is 9.72. The molecule has 0 fully saturated rings. The van der Waals surface area contributed by atoms with Crippen molar-refractivity contribution < 1.29 is 9.32 Å². The second-order valence-electron chi connectivity index (χ2n) is 4.21. The van der Waals surface area contributed by atoms with Crippen molar-refractivity contribution in [3.05, 3.63) is 35.7 Å². The van der Waals surface area contributed by atoms with Crippen LogP contribution in [0.25, 0.3) is 11.5 Å². The zero-order chi connectivity index (χ0) is 13.9. The molecule has 1 aliphatic rings. The Morgan fingerprint density at radius 2 is 2.15 bits per heavy atom. The van der Waals surface area contributed by atoms with Gasteiger partial charge in [-0.25, -0.2) is 0 Å². The molecule has 20 heavy (non-hydrogen) atoms. The fraction of sp³-hybridized carbons (Fsp3) is 0.231. The van der Waals surface area contributed by atoms with E-state index < -0.39 is 0 Å². The highest BCUT2D eigenvalue weighted by Crippen LogP contribution is 2.18. The van der Waals surface area contributed by atoms with Crippen LogP contribution < -0.4 is 5.32 Å². The molecule has 0 unspecified atom stereocenters. The summed E-state index contributed by atoms with van der Waals surface area (Å²) in [6, 6.07) is 7.02. The molecule has 0 aliphatic carbocycles. The Labute approximate surface area is 119 Å². The van der Waals surface area contributed by atoms with Crippen molar-refractivity contribution in [2.75, 3.05) is 12.3 Å². The molecule has 1 N–H and O–H groups in total. The Balaban J connectivity index is 1.73. The summed E-state index contributed by atoms with van der Waals surface area (Å²) in [5.74, 6) is 1.79. The number of hydrogen-bond acceptors (Lipinski definition) is 6. The summed E-state index contributed by atoms with van der Waals surface area (Å²) in [5, 5.41) is 7.20. The zero-order valence-electron chi connectivity index (χ0n) is 10.8. The molecule has 7 heteroatoms. The molecule has 0 saturated heterocycles. The number of amidine groups is 1. The van der Waals surface area contributed by atoms with Gasteiger partial charge in [0.15, 0.2) is 11.0 Å². The van der Waals surface area contributed by atoms with Crippen LogP contribution in [0.15, 0.2) is 33.8 Å². The number of carbonyl (C=O) groups is 1. The first-order valence-corrected chi connectivity index (χ1v) is 7.10. The van der Waals surface area contributed by atoms with Crippen molar-refractivity contribution in [2.24, 2.45) is 4.99 Å². The standard InChI is InChI=1S/C13H12N4O2S/c1-8-15-12(19-17-8)10-4-2-9(3-5-10)11(18)16-13-14-6-7-20-13/h2-5H,6-7H2,1H3,(H,14,16,18). The van der Waals surface area contributed by atoms with Crippen molar-refractivity contribution in [3.8, 4) is 11.5 Å². The van der Waals surface area contributed by atoms with E-state index in [4.69, 9.17) is 4.52 Å². The molecule has 0 saturated carbocycles. The van der Waals surface area contributed by atoms with Crippen LogP contribution in [0.3, 0.4) is 0 Å². The van der Waals surface area contributed by atoms with E-state index in [1.165, 1.54) is 0 Å². The highest BCUT2D eigenvalue weighted by Gasteiger charge is 2.13. The highest BCUT2D eigenvalue weighted by molar-refractivity contribution is 8.14. The molecule has 1 aliphatic heterocycles. The Bertz CT molecular complexity index is 663. The second kappa shape index (κ2) is 5.46. The molecule has 0 atom stereocenters. The van der Waals surface area contributed by atoms with Gasteiger partial charge in [0.2, 0.25) is 0 Å². The van der Waals surface area contributed by atoms with E-state index in [9.17, 15) is 4.79 Å². The third-order valence-electron chi connectivity index (χ3n) is 2.73. The molecule has 2 heterocycles. The number of thioether (sulfide) groups is 1. The Kier molecular flexibility index (Phi) is 3.51. The minimum absolute atomic E-state index is 0.161. The number of nitrogens with zero attached hydrogens (tertiary/aromatic N) is 3. The van der Waals surface area contributed by atoms with Gasteiger partial charge in [-0.3, -0.25) is 9.79 Å². The van der Waals surface area contributed by atoms with Crippen LogP contribution in [0.1, 0.15) is 16.2 Å². The fourth-order valence-electron chi connectivity index (χ4n) is 1.76. The van der Waals surface area contributed by atoms with E-state index in [0.29, 0.717) is 22.4 Å². The molecular weight excluding hydrogens is 276 g/mol. The van der Waals surface area contributed by atoms with Gasteiger partial charge in [0.05, 0.1) is 6.54 Å². The minimum Gasteiger partial charge on any atom is -0.334 e. The summed E-state index contributed by atoms with van der Waals surface area (Å²) < 4.78 is 5.07. The van der Waals surface area contributed by atoms with E-state index in [1.54, 1.807) is 43.0 Å². The van der Waals surface area contributed by atoms with Crippen LogP contribution >= 0.6 is 11.8 Å².